The van der Waals surface area contributed by atoms with E-state index in [2.05, 4.69) is 9.71 Å². The molecular formula is C16H23N3O3S. The van der Waals surface area contributed by atoms with Crippen molar-refractivity contribution in [2.75, 3.05) is 27.2 Å². The maximum atomic E-state index is 12.2. The third kappa shape index (κ3) is 4.63. The first-order chi connectivity index (χ1) is 10.8. The highest BCUT2D eigenvalue weighted by Crippen LogP contribution is 2.24. The lowest BCUT2D eigenvalue weighted by molar-refractivity contribution is 0.400. The van der Waals surface area contributed by atoms with E-state index in [9.17, 15) is 8.42 Å². The number of benzene rings is 1. The molecular weight excluding hydrogens is 314 g/mol. The van der Waals surface area contributed by atoms with E-state index in [0.29, 0.717) is 12.4 Å². The minimum Gasteiger partial charge on any atom is -0.446 e. The number of aromatic nitrogens is 1. The van der Waals surface area contributed by atoms with Gasteiger partial charge in [-0.05, 0) is 46.1 Å². The Morgan fingerprint density at radius 2 is 1.83 bits per heavy atom. The quantitative estimate of drug-likeness (QED) is 0.784. The topological polar surface area (TPSA) is 75.4 Å². The second kappa shape index (κ2) is 7.25. The molecule has 0 atom stereocenters. The van der Waals surface area contributed by atoms with Gasteiger partial charge in [0.25, 0.3) is 0 Å². The molecule has 1 N–H and O–H groups in total. The van der Waals surface area contributed by atoms with Crippen molar-refractivity contribution in [1.82, 2.24) is 14.6 Å². The highest BCUT2D eigenvalue weighted by Gasteiger charge is 2.15. The van der Waals surface area contributed by atoms with Crippen molar-refractivity contribution in [2.24, 2.45) is 0 Å². The van der Waals surface area contributed by atoms with Crippen molar-refractivity contribution >= 4 is 10.0 Å². The first-order valence-electron chi connectivity index (χ1n) is 7.48. The Kier molecular flexibility index (Phi) is 5.56. The Morgan fingerprint density at radius 3 is 2.35 bits per heavy atom. The van der Waals surface area contributed by atoms with E-state index in [0.717, 1.165) is 30.0 Å². The van der Waals surface area contributed by atoms with Gasteiger partial charge >= 0.3 is 0 Å². The molecule has 0 aliphatic heterocycles. The lowest BCUT2D eigenvalue weighted by Gasteiger charge is -2.10. The number of aryl methyl sites for hydroxylation is 2. The van der Waals surface area contributed by atoms with Crippen molar-refractivity contribution in [3.8, 4) is 11.3 Å². The van der Waals surface area contributed by atoms with Gasteiger partial charge in [0.1, 0.15) is 11.5 Å². The monoisotopic (exact) mass is 337 g/mol. The zero-order chi connectivity index (χ0) is 17.0. The molecule has 0 aliphatic carbocycles. The summed E-state index contributed by atoms with van der Waals surface area (Å²) in [5, 5.41) is 0. The average molecular weight is 337 g/mol. The second-order valence-corrected chi connectivity index (χ2v) is 7.48. The first-order valence-corrected chi connectivity index (χ1v) is 8.97. The number of oxazole rings is 1. The van der Waals surface area contributed by atoms with Crippen LogP contribution in [0, 0.1) is 13.8 Å². The average Bonchev–Trinajstić information content (AvgIpc) is 2.82. The molecule has 0 bridgehead atoms. The molecule has 0 saturated carbocycles. The van der Waals surface area contributed by atoms with Gasteiger partial charge in [0, 0.05) is 19.0 Å². The lowest BCUT2D eigenvalue weighted by Crippen LogP contribution is -2.27. The van der Waals surface area contributed by atoms with Crippen LogP contribution in [-0.2, 0) is 10.0 Å². The second-order valence-electron chi connectivity index (χ2n) is 5.72. The minimum absolute atomic E-state index is 0.254. The molecule has 23 heavy (non-hydrogen) atoms. The van der Waals surface area contributed by atoms with Crippen LogP contribution in [0.1, 0.15) is 18.1 Å². The molecule has 7 heteroatoms. The Balaban J connectivity index is 2.08. The molecule has 126 valence electrons. The van der Waals surface area contributed by atoms with Gasteiger partial charge in [-0.1, -0.05) is 12.1 Å². The minimum atomic E-state index is -3.47. The van der Waals surface area contributed by atoms with Gasteiger partial charge in [0.2, 0.25) is 10.0 Å². The van der Waals surface area contributed by atoms with Crippen LogP contribution in [-0.4, -0.2) is 45.5 Å². The Labute approximate surface area is 137 Å². The maximum Gasteiger partial charge on any atom is 0.240 e. The van der Waals surface area contributed by atoms with Gasteiger partial charge in [0.15, 0.2) is 5.89 Å². The summed E-state index contributed by atoms with van der Waals surface area (Å²) in [6.07, 6.45) is 0.766. The highest BCUT2D eigenvalue weighted by atomic mass is 32.2. The Bertz CT molecular complexity index is 749. The van der Waals surface area contributed by atoms with Crippen molar-refractivity contribution < 1.29 is 12.8 Å². The van der Waals surface area contributed by atoms with E-state index in [1.165, 1.54) is 0 Å². The van der Waals surface area contributed by atoms with Crippen molar-refractivity contribution in [3.63, 3.8) is 0 Å². The van der Waals surface area contributed by atoms with Gasteiger partial charge in [0.05, 0.1) is 4.90 Å². The fraction of sp³-hybridized carbons (Fsp3) is 0.438. The standard InChI is InChI=1S/C16H23N3O3S/c1-12-16(18-13(2)22-12)14-6-8-15(9-7-14)23(20,21)17-10-5-11-19(3)4/h6-9,17H,5,10-11H2,1-4H3. The largest absolute Gasteiger partial charge is 0.446 e. The molecule has 6 nitrogen and oxygen atoms in total. The summed E-state index contributed by atoms with van der Waals surface area (Å²) in [6, 6.07) is 6.68. The fourth-order valence-corrected chi connectivity index (χ4v) is 3.35. The van der Waals surface area contributed by atoms with Crippen LogP contribution in [0.2, 0.25) is 0 Å². The SMILES string of the molecule is Cc1nc(-c2ccc(S(=O)(=O)NCCCN(C)C)cc2)c(C)o1. The number of nitrogens with zero attached hydrogens (tertiary/aromatic N) is 2. The van der Waals surface area contributed by atoms with Gasteiger partial charge in [-0.2, -0.15) is 0 Å². The summed E-state index contributed by atoms with van der Waals surface area (Å²) in [6.45, 7) is 4.88. The number of nitrogens with one attached hydrogen (secondary N) is 1. The molecule has 0 radical (unpaired) electrons. The first kappa shape index (κ1) is 17.7. The van der Waals surface area contributed by atoms with Gasteiger partial charge in [-0.3, -0.25) is 0 Å². The maximum absolute atomic E-state index is 12.2. The molecule has 0 saturated heterocycles. The van der Waals surface area contributed by atoms with E-state index in [1.54, 1.807) is 31.2 Å². The summed E-state index contributed by atoms with van der Waals surface area (Å²) in [7, 11) is 0.444. The summed E-state index contributed by atoms with van der Waals surface area (Å²) in [5.41, 5.74) is 1.58. The van der Waals surface area contributed by atoms with Crippen LogP contribution in [0.5, 0.6) is 0 Å². The van der Waals surface area contributed by atoms with E-state index in [-0.39, 0.29) is 4.90 Å². The highest BCUT2D eigenvalue weighted by molar-refractivity contribution is 7.89. The zero-order valence-electron chi connectivity index (χ0n) is 14.0. The van der Waals surface area contributed by atoms with E-state index < -0.39 is 10.0 Å². The smallest absolute Gasteiger partial charge is 0.240 e. The van der Waals surface area contributed by atoms with Gasteiger partial charge in [-0.15, -0.1) is 0 Å². The van der Waals surface area contributed by atoms with Crippen LogP contribution in [0.4, 0.5) is 0 Å². The van der Waals surface area contributed by atoms with Crippen molar-refractivity contribution in [3.05, 3.63) is 35.9 Å². The number of rotatable bonds is 7. The summed E-state index contributed by atoms with van der Waals surface area (Å²) >= 11 is 0. The summed E-state index contributed by atoms with van der Waals surface area (Å²) in [4.78, 5) is 6.59. The molecule has 2 aromatic rings. The van der Waals surface area contributed by atoms with Crippen molar-refractivity contribution in [2.45, 2.75) is 25.2 Å². The molecule has 0 aliphatic rings. The third-order valence-electron chi connectivity index (χ3n) is 3.42. The van der Waals surface area contributed by atoms with Gasteiger partial charge < -0.3 is 9.32 Å². The number of hydrogen-bond donors (Lipinski definition) is 1. The summed E-state index contributed by atoms with van der Waals surface area (Å²) in [5.74, 6) is 1.32. The summed E-state index contributed by atoms with van der Waals surface area (Å²) < 4.78 is 32.5. The number of sulfonamides is 1. The van der Waals surface area contributed by atoms with E-state index in [4.69, 9.17) is 4.42 Å². The van der Waals surface area contributed by atoms with Crippen molar-refractivity contribution in [1.29, 1.82) is 0 Å². The normalized spacial score (nSPS) is 12.0. The Morgan fingerprint density at radius 1 is 1.17 bits per heavy atom. The van der Waals surface area contributed by atoms with Crippen LogP contribution in [0.25, 0.3) is 11.3 Å². The van der Waals surface area contributed by atoms with Crippen LogP contribution in [0.3, 0.4) is 0 Å². The predicted octanol–water partition coefficient (Wildman–Crippen LogP) is 2.19. The molecule has 1 aromatic heterocycles. The zero-order valence-corrected chi connectivity index (χ0v) is 14.8. The fourth-order valence-electron chi connectivity index (χ4n) is 2.27. The third-order valence-corrected chi connectivity index (χ3v) is 4.89. The van der Waals surface area contributed by atoms with Crippen LogP contribution < -0.4 is 4.72 Å². The molecule has 1 heterocycles. The molecule has 0 amide bonds. The Hall–Kier alpha value is -1.70. The van der Waals surface area contributed by atoms with Gasteiger partial charge in [-0.25, -0.2) is 18.1 Å². The van der Waals surface area contributed by atoms with E-state index >= 15 is 0 Å². The molecule has 2 rings (SSSR count). The van der Waals surface area contributed by atoms with Crippen LogP contribution in [0.15, 0.2) is 33.6 Å². The molecule has 0 fully saturated rings. The van der Waals surface area contributed by atoms with Crippen LogP contribution >= 0.6 is 0 Å². The number of hydrogen-bond acceptors (Lipinski definition) is 5. The molecule has 0 spiro atoms. The predicted molar refractivity (Wildman–Crippen MR) is 89.8 cm³/mol. The van der Waals surface area contributed by atoms with E-state index in [1.807, 2.05) is 25.9 Å². The molecule has 0 unspecified atom stereocenters. The molecule has 1 aromatic carbocycles. The lowest BCUT2D eigenvalue weighted by atomic mass is 10.1.